The average Bonchev–Trinajstić information content (AvgIpc) is 3.18. The standard InChI is InChI=1S/C15H21FN2/c1-11-2-5-14(16)8-13(11)9-18-7-6-17-15(10-18)12-3-4-12/h2,5,8,12,15,17H,3-4,6-7,9-10H2,1H3. The summed E-state index contributed by atoms with van der Waals surface area (Å²) in [7, 11) is 0. The van der Waals surface area contributed by atoms with Crippen LogP contribution in [-0.2, 0) is 6.54 Å². The van der Waals surface area contributed by atoms with Crippen LogP contribution in [0.4, 0.5) is 4.39 Å². The lowest BCUT2D eigenvalue weighted by Gasteiger charge is -2.34. The van der Waals surface area contributed by atoms with E-state index in [1.165, 1.54) is 18.4 Å². The summed E-state index contributed by atoms with van der Waals surface area (Å²) in [5.41, 5.74) is 2.32. The molecule has 2 fully saturated rings. The molecule has 1 aliphatic heterocycles. The van der Waals surface area contributed by atoms with Gasteiger partial charge in [0.15, 0.2) is 0 Å². The zero-order valence-electron chi connectivity index (χ0n) is 11.0. The minimum Gasteiger partial charge on any atom is -0.311 e. The molecule has 3 rings (SSSR count). The van der Waals surface area contributed by atoms with Crippen LogP contribution in [-0.4, -0.2) is 30.6 Å². The van der Waals surface area contributed by atoms with Gasteiger partial charge in [0.2, 0.25) is 0 Å². The molecule has 0 aromatic heterocycles. The third-order valence-corrected chi connectivity index (χ3v) is 4.19. The monoisotopic (exact) mass is 248 g/mol. The van der Waals surface area contributed by atoms with E-state index >= 15 is 0 Å². The topological polar surface area (TPSA) is 15.3 Å². The molecular formula is C15H21FN2. The Morgan fingerprint density at radius 2 is 2.22 bits per heavy atom. The second-order valence-electron chi connectivity index (χ2n) is 5.70. The number of nitrogens with one attached hydrogen (secondary N) is 1. The van der Waals surface area contributed by atoms with E-state index in [-0.39, 0.29) is 5.82 Å². The van der Waals surface area contributed by atoms with Gasteiger partial charge in [-0.2, -0.15) is 0 Å². The molecule has 2 aliphatic rings. The van der Waals surface area contributed by atoms with Gasteiger partial charge in [0, 0.05) is 32.2 Å². The molecule has 1 unspecified atom stereocenters. The fourth-order valence-electron chi connectivity index (χ4n) is 2.85. The minimum atomic E-state index is -0.121. The Bertz CT molecular complexity index is 429. The third-order valence-electron chi connectivity index (χ3n) is 4.19. The van der Waals surface area contributed by atoms with E-state index in [9.17, 15) is 4.39 Å². The van der Waals surface area contributed by atoms with E-state index in [1.54, 1.807) is 12.1 Å². The van der Waals surface area contributed by atoms with Gasteiger partial charge in [0.05, 0.1) is 0 Å². The number of halogens is 1. The van der Waals surface area contributed by atoms with Crippen LogP contribution in [0.15, 0.2) is 18.2 Å². The summed E-state index contributed by atoms with van der Waals surface area (Å²) in [4.78, 5) is 2.46. The summed E-state index contributed by atoms with van der Waals surface area (Å²) in [6.07, 6.45) is 2.76. The summed E-state index contributed by atoms with van der Waals surface area (Å²) in [6, 6.07) is 5.77. The molecule has 0 bridgehead atoms. The van der Waals surface area contributed by atoms with Crippen LogP contribution < -0.4 is 5.32 Å². The van der Waals surface area contributed by atoms with Gasteiger partial charge in [-0.1, -0.05) is 6.07 Å². The van der Waals surface area contributed by atoms with Crippen molar-refractivity contribution in [1.82, 2.24) is 10.2 Å². The van der Waals surface area contributed by atoms with E-state index in [0.29, 0.717) is 6.04 Å². The fourth-order valence-corrected chi connectivity index (χ4v) is 2.85. The first-order valence-corrected chi connectivity index (χ1v) is 6.93. The van der Waals surface area contributed by atoms with Gasteiger partial charge in [-0.05, 0) is 48.9 Å². The molecule has 0 amide bonds. The number of nitrogens with zero attached hydrogens (tertiary/aromatic N) is 1. The molecule has 1 aromatic carbocycles. The van der Waals surface area contributed by atoms with E-state index in [2.05, 4.69) is 17.1 Å². The van der Waals surface area contributed by atoms with Crippen molar-refractivity contribution < 1.29 is 4.39 Å². The highest BCUT2D eigenvalue weighted by Crippen LogP contribution is 2.33. The number of benzene rings is 1. The minimum absolute atomic E-state index is 0.121. The lowest BCUT2D eigenvalue weighted by Crippen LogP contribution is -2.51. The second kappa shape index (κ2) is 4.98. The summed E-state index contributed by atoms with van der Waals surface area (Å²) >= 11 is 0. The van der Waals surface area contributed by atoms with Crippen LogP contribution in [0, 0.1) is 18.7 Å². The van der Waals surface area contributed by atoms with Gasteiger partial charge in [-0.15, -0.1) is 0 Å². The van der Waals surface area contributed by atoms with Crippen LogP contribution in [0.3, 0.4) is 0 Å². The van der Waals surface area contributed by atoms with Crippen molar-refractivity contribution >= 4 is 0 Å². The zero-order valence-corrected chi connectivity index (χ0v) is 11.0. The van der Waals surface area contributed by atoms with Crippen LogP contribution >= 0.6 is 0 Å². The lowest BCUT2D eigenvalue weighted by molar-refractivity contribution is 0.181. The Hall–Kier alpha value is -0.930. The van der Waals surface area contributed by atoms with E-state index in [0.717, 1.165) is 37.7 Å². The number of piperazine rings is 1. The summed E-state index contributed by atoms with van der Waals surface area (Å²) in [5.74, 6) is 0.769. The molecule has 0 spiro atoms. The first kappa shape index (κ1) is 12.1. The molecule has 1 aliphatic carbocycles. The molecule has 1 heterocycles. The lowest BCUT2D eigenvalue weighted by atomic mass is 10.1. The molecular weight excluding hydrogens is 227 g/mol. The molecule has 1 saturated heterocycles. The van der Waals surface area contributed by atoms with E-state index in [1.807, 2.05) is 6.07 Å². The first-order chi connectivity index (χ1) is 8.72. The summed E-state index contributed by atoms with van der Waals surface area (Å²) in [5, 5.41) is 3.61. The van der Waals surface area contributed by atoms with Crippen molar-refractivity contribution in [1.29, 1.82) is 0 Å². The van der Waals surface area contributed by atoms with Crippen LogP contribution in [0.1, 0.15) is 24.0 Å². The molecule has 18 heavy (non-hydrogen) atoms. The number of aryl methyl sites for hydroxylation is 1. The third kappa shape index (κ3) is 2.73. The Morgan fingerprint density at radius 1 is 1.39 bits per heavy atom. The van der Waals surface area contributed by atoms with Gasteiger partial charge in [-0.3, -0.25) is 4.90 Å². The van der Waals surface area contributed by atoms with Crippen LogP contribution in [0.2, 0.25) is 0 Å². The van der Waals surface area contributed by atoms with Gasteiger partial charge >= 0.3 is 0 Å². The van der Waals surface area contributed by atoms with Gasteiger partial charge in [-0.25, -0.2) is 4.39 Å². The van der Waals surface area contributed by atoms with Crippen molar-refractivity contribution in [2.24, 2.45) is 5.92 Å². The predicted molar refractivity (Wildman–Crippen MR) is 70.9 cm³/mol. The Labute approximate surface area is 108 Å². The highest BCUT2D eigenvalue weighted by Gasteiger charge is 2.33. The van der Waals surface area contributed by atoms with E-state index < -0.39 is 0 Å². The second-order valence-corrected chi connectivity index (χ2v) is 5.70. The quantitative estimate of drug-likeness (QED) is 0.883. The SMILES string of the molecule is Cc1ccc(F)cc1CN1CCNC(C2CC2)C1. The largest absolute Gasteiger partial charge is 0.311 e. The van der Waals surface area contributed by atoms with Crippen molar-refractivity contribution in [3.05, 3.63) is 35.1 Å². The van der Waals surface area contributed by atoms with Crippen molar-refractivity contribution in [3.63, 3.8) is 0 Å². The molecule has 1 atom stereocenters. The highest BCUT2D eigenvalue weighted by atomic mass is 19.1. The Morgan fingerprint density at radius 3 is 3.00 bits per heavy atom. The van der Waals surface area contributed by atoms with Crippen molar-refractivity contribution in [3.8, 4) is 0 Å². The molecule has 3 heteroatoms. The molecule has 1 aromatic rings. The molecule has 1 saturated carbocycles. The van der Waals surface area contributed by atoms with Crippen LogP contribution in [0.25, 0.3) is 0 Å². The molecule has 1 N–H and O–H groups in total. The fraction of sp³-hybridized carbons (Fsp3) is 0.600. The molecule has 2 nitrogen and oxygen atoms in total. The summed E-state index contributed by atoms with van der Waals surface area (Å²) < 4.78 is 13.3. The maximum absolute atomic E-state index is 13.3. The smallest absolute Gasteiger partial charge is 0.123 e. The van der Waals surface area contributed by atoms with Crippen molar-refractivity contribution in [2.75, 3.05) is 19.6 Å². The maximum Gasteiger partial charge on any atom is 0.123 e. The first-order valence-electron chi connectivity index (χ1n) is 6.93. The Kier molecular flexibility index (Phi) is 3.35. The zero-order chi connectivity index (χ0) is 12.5. The average molecular weight is 248 g/mol. The van der Waals surface area contributed by atoms with Gasteiger partial charge in [0.25, 0.3) is 0 Å². The van der Waals surface area contributed by atoms with E-state index in [4.69, 9.17) is 0 Å². The van der Waals surface area contributed by atoms with Gasteiger partial charge < -0.3 is 5.32 Å². The maximum atomic E-state index is 13.3. The van der Waals surface area contributed by atoms with Crippen molar-refractivity contribution in [2.45, 2.75) is 32.4 Å². The normalized spacial score (nSPS) is 25.3. The number of hydrogen-bond donors (Lipinski definition) is 1. The van der Waals surface area contributed by atoms with Crippen LogP contribution in [0.5, 0.6) is 0 Å². The predicted octanol–water partition coefficient (Wildman–Crippen LogP) is 2.32. The molecule has 0 radical (unpaired) electrons. The summed E-state index contributed by atoms with van der Waals surface area (Å²) in [6.45, 7) is 6.19. The Balaban J connectivity index is 1.65. The number of rotatable bonds is 3. The molecule has 98 valence electrons. The number of hydrogen-bond acceptors (Lipinski definition) is 2. The van der Waals surface area contributed by atoms with Gasteiger partial charge in [0.1, 0.15) is 5.82 Å². The highest BCUT2D eigenvalue weighted by molar-refractivity contribution is 5.26.